The number of pyridine rings is 4. The standard InChI is InChI=1S/C24H23ClN2O.C15H15N3O2.C15H17N3.C9H11BrN2.C7H4ClNO.C6H6BNO4/c25-21-12-8-19(9-13-21)17-22(28)16-18-6-10-20(11-7-18)23-4-3-5-24(26-23)27-14-1-2-15-27;19-18(20)13-8-6-12(7-9-13)14-4-3-5-15(16-14)17-10-1-2-11-17;16-13-8-6-12(7-9-13)14-4-3-5-15(17-14)18-10-1-2-11-18;10-8-4-3-5-9(11-8)12-6-1-2-7-12;8-6-1-3-7(4-2-6)9-5-10;9-7(10)5-1-3-6(4-2-5)8(11)12/h3-13H,1-2,14-17H2;3-9H,1-2,10-11H2;3-9H,1-2,10-11,16H2;3-5H,1-2,6-7H2;1-4H;1-4,9-10H. The van der Waals surface area contributed by atoms with Crippen LogP contribution in [0.1, 0.15) is 62.5 Å². The molecule has 0 bridgehead atoms. The van der Waals surface area contributed by atoms with E-state index in [0.717, 1.165) is 131 Å². The van der Waals surface area contributed by atoms with Crippen molar-refractivity contribution < 1.29 is 29.5 Å². The van der Waals surface area contributed by atoms with E-state index < -0.39 is 17.0 Å². The second-order valence-electron chi connectivity index (χ2n) is 23.8. The molecule has 8 heterocycles. The average Bonchev–Trinajstić information content (AvgIpc) is 1.28. The molecule has 0 spiro atoms. The Morgan fingerprint density at radius 2 is 0.790 bits per heavy atom. The Morgan fingerprint density at radius 3 is 1.14 bits per heavy atom. The number of anilines is 5. The number of nitrogen functional groups attached to an aromatic ring is 1. The number of nitro groups is 2. The van der Waals surface area contributed by atoms with Gasteiger partial charge >= 0.3 is 7.12 Å². The number of nitrogens with zero attached hydrogens (tertiary/aromatic N) is 11. The topological polar surface area (TPSA) is 264 Å². The maximum Gasteiger partial charge on any atom is 0.488 e. The molecule has 14 rings (SSSR count). The Balaban J connectivity index is 0.000000145. The predicted molar refractivity (Wildman–Crippen MR) is 404 cm³/mol. The van der Waals surface area contributed by atoms with Crippen LogP contribution in [0.3, 0.4) is 0 Å². The minimum atomic E-state index is -1.58. The van der Waals surface area contributed by atoms with Crippen molar-refractivity contribution >= 4 is 110 Å². The van der Waals surface area contributed by atoms with Gasteiger partial charge in [0.1, 0.15) is 33.7 Å². The third-order valence-corrected chi connectivity index (χ3v) is 17.5. The van der Waals surface area contributed by atoms with Crippen molar-refractivity contribution in [2.75, 3.05) is 77.7 Å². The number of isocyanates is 1. The molecule has 4 saturated heterocycles. The van der Waals surface area contributed by atoms with Gasteiger partial charge in [-0.3, -0.25) is 25.0 Å². The van der Waals surface area contributed by atoms with Crippen LogP contribution in [0.2, 0.25) is 10.0 Å². The summed E-state index contributed by atoms with van der Waals surface area (Å²) in [7, 11) is -1.58. The van der Waals surface area contributed by atoms with Crippen molar-refractivity contribution in [1.29, 1.82) is 0 Å². The van der Waals surface area contributed by atoms with E-state index in [1.807, 2.05) is 103 Å². The number of carbonyl (C=O) groups is 1. The van der Waals surface area contributed by atoms with E-state index in [4.69, 9.17) is 49.0 Å². The lowest BCUT2D eigenvalue weighted by Gasteiger charge is -2.17. The maximum absolute atomic E-state index is 12.4. The first-order valence-corrected chi connectivity index (χ1v) is 34.5. The van der Waals surface area contributed by atoms with Crippen LogP contribution in [0.5, 0.6) is 0 Å². The summed E-state index contributed by atoms with van der Waals surface area (Å²) in [5.74, 6) is 4.42. The van der Waals surface area contributed by atoms with Crippen LogP contribution >= 0.6 is 39.1 Å². The van der Waals surface area contributed by atoms with Gasteiger partial charge in [-0.25, -0.2) is 24.7 Å². The first-order chi connectivity index (χ1) is 48.5. The second-order valence-corrected chi connectivity index (χ2v) is 25.5. The van der Waals surface area contributed by atoms with Crippen LogP contribution in [0.4, 0.5) is 46.0 Å². The first-order valence-electron chi connectivity index (χ1n) is 33.0. The van der Waals surface area contributed by atoms with E-state index >= 15 is 0 Å². The number of hydrogen-bond acceptors (Lipinski definition) is 18. The van der Waals surface area contributed by atoms with Crippen molar-refractivity contribution in [2.45, 2.75) is 64.2 Å². The number of nitro benzene ring substituents is 2. The summed E-state index contributed by atoms with van der Waals surface area (Å²) >= 11 is 14.8. The van der Waals surface area contributed by atoms with E-state index in [-0.39, 0.29) is 22.6 Å². The van der Waals surface area contributed by atoms with Gasteiger partial charge in [-0.2, -0.15) is 4.99 Å². The number of Topliss-reactive ketones (excluding diaryl/α,β-unsaturated/α-hetero) is 1. The maximum atomic E-state index is 12.4. The molecular weight excluding hydrogens is 1370 g/mol. The number of hydrogen-bond donors (Lipinski definition) is 3. The Hall–Kier alpha value is -10.2. The summed E-state index contributed by atoms with van der Waals surface area (Å²) in [6.45, 7) is 8.84. The number of rotatable bonds is 15. The SMILES string of the molecule is Brc1cccc(N2CCCC2)n1.Nc1ccc(-c2cccc(N3CCCC3)n2)cc1.O=C(Cc1ccc(Cl)cc1)Cc1ccc(-c2cccc(N3CCCC3)n2)cc1.O=C=Nc1ccc(Cl)cc1.O=[N+]([O-])c1ccc(-c2cccc(N3CCCC3)n2)cc1.O=[N+]([O-])c1ccc(B(O)O)cc1. The van der Waals surface area contributed by atoms with Gasteiger partial charge in [-0.15, -0.1) is 0 Å². The van der Waals surface area contributed by atoms with Gasteiger partial charge in [0.05, 0.1) is 32.6 Å². The molecule has 10 aromatic rings. The quantitative estimate of drug-likeness (QED) is 0.0164. The molecule has 24 heteroatoms. The monoisotopic (exact) mass is 1440 g/mol. The van der Waals surface area contributed by atoms with Crippen LogP contribution in [-0.4, -0.2) is 111 Å². The van der Waals surface area contributed by atoms with Crippen molar-refractivity contribution in [3.63, 3.8) is 0 Å². The van der Waals surface area contributed by atoms with Crippen LogP contribution in [0, 0.1) is 20.2 Å². The zero-order chi connectivity index (χ0) is 70.6. The fourth-order valence-corrected chi connectivity index (χ4v) is 11.9. The fourth-order valence-electron chi connectivity index (χ4n) is 11.3. The predicted octanol–water partition coefficient (Wildman–Crippen LogP) is 15.6. The minimum Gasteiger partial charge on any atom is -0.423 e. The molecule has 0 atom stereocenters. The molecule has 100 heavy (non-hydrogen) atoms. The fraction of sp³-hybridized carbons (Fsp3) is 0.237. The number of aromatic nitrogens is 4. The molecule has 6 aromatic carbocycles. The van der Waals surface area contributed by atoms with Crippen LogP contribution < -0.4 is 30.8 Å². The molecule has 4 aromatic heterocycles. The van der Waals surface area contributed by atoms with E-state index in [0.29, 0.717) is 28.6 Å². The van der Waals surface area contributed by atoms with Gasteiger partial charge in [-0.05, 0) is 193 Å². The number of aliphatic imine (C=N–C) groups is 1. The lowest BCUT2D eigenvalue weighted by molar-refractivity contribution is -0.385. The lowest BCUT2D eigenvalue weighted by Crippen LogP contribution is -2.29. The van der Waals surface area contributed by atoms with Crippen molar-refractivity contribution in [1.82, 2.24) is 19.9 Å². The van der Waals surface area contributed by atoms with Gasteiger partial charge in [-0.1, -0.05) is 108 Å². The van der Waals surface area contributed by atoms with E-state index in [2.05, 4.69) is 93.0 Å². The van der Waals surface area contributed by atoms with Gasteiger partial charge in [0.25, 0.3) is 11.4 Å². The summed E-state index contributed by atoms with van der Waals surface area (Å²) < 4.78 is 0.923. The summed E-state index contributed by atoms with van der Waals surface area (Å²) in [5, 5.41) is 39.4. The highest BCUT2D eigenvalue weighted by Gasteiger charge is 2.19. The summed E-state index contributed by atoms with van der Waals surface area (Å²) in [4.78, 5) is 73.3. The summed E-state index contributed by atoms with van der Waals surface area (Å²) in [6.07, 6.45) is 12.3. The molecule has 0 aliphatic carbocycles. The van der Waals surface area contributed by atoms with Gasteiger partial charge in [0.15, 0.2) is 0 Å². The van der Waals surface area contributed by atoms with Crippen LogP contribution in [-0.2, 0) is 22.4 Å². The molecule has 4 aliphatic rings. The highest BCUT2D eigenvalue weighted by molar-refractivity contribution is 9.10. The Kier molecular flexibility index (Phi) is 28.3. The smallest absolute Gasteiger partial charge is 0.423 e. The van der Waals surface area contributed by atoms with Gasteiger partial charge in [0, 0.05) is 122 Å². The number of halogens is 3. The molecule has 0 saturated carbocycles. The number of non-ortho nitro benzene ring substituents is 2. The summed E-state index contributed by atoms with van der Waals surface area (Å²) in [6, 6.07) is 66.0. The van der Waals surface area contributed by atoms with Crippen LogP contribution in [0.15, 0.2) is 228 Å². The van der Waals surface area contributed by atoms with Crippen LogP contribution in [0.25, 0.3) is 33.8 Å². The molecule has 0 unspecified atom stereocenters. The largest absolute Gasteiger partial charge is 0.488 e. The molecular formula is C76H76BBrCl2N12O8. The van der Waals surface area contributed by atoms with E-state index in [1.54, 1.807) is 36.4 Å². The normalized spacial score (nSPS) is 13.4. The Labute approximate surface area is 600 Å². The lowest BCUT2D eigenvalue weighted by atomic mass is 9.80. The Bertz CT molecular complexity index is 4290. The highest BCUT2D eigenvalue weighted by Crippen LogP contribution is 2.29. The number of benzene rings is 6. The van der Waals surface area contributed by atoms with Gasteiger partial charge in [0.2, 0.25) is 6.08 Å². The number of ketones is 1. The summed E-state index contributed by atoms with van der Waals surface area (Å²) in [5.41, 5.74) is 15.3. The number of carbonyl (C=O) groups excluding carboxylic acids is 2. The highest BCUT2D eigenvalue weighted by atomic mass is 79.9. The van der Waals surface area contributed by atoms with Crippen molar-refractivity contribution in [2.24, 2.45) is 4.99 Å². The minimum absolute atomic E-state index is 0.0700. The zero-order valence-electron chi connectivity index (χ0n) is 55.1. The average molecular weight is 1450 g/mol. The van der Waals surface area contributed by atoms with Gasteiger partial charge < -0.3 is 35.4 Å². The van der Waals surface area contributed by atoms with Crippen molar-refractivity contribution in [3.05, 3.63) is 264 Å². The molecule has 4 aliphatic heterocycles. The molecule has 0 radical (unpaired) electrons. The molecule has 4 fully saturated rings. The first kappa shape index (κ1) is 74.0. The third-order valence-electron chi connectivity index (χ3n) is 16.6. The van der Waals surface area contributed by atoms with Crippen molar-refractivity contribution in [3.8, 4) is 33.8 Å². The molecule has 4 N–H and O–H groups in total. The number of nitrogens with two attached hydrogens (primary N) is 1. The molecule has 0 amide bonds. The Morgan fingerprint density at radius 1 is 0.470 bits per heavy atom. The zero-order valence-corrected chi connectivity index (χ0v) is 58.2. The molecule has 20 nitrogen and oxygen atoms in total. The molecule has 512 valence electrons. The van der Waals surface area contributed by atoms with E-state index in [9.17, 15) is 29.8 Å². The van der Waals surface area contributed by atoms with E-state index in [1.165, 1.54) is 93.8 Å². The second kappa shape index (κ2) is 38.2. The third kappa shape index (κ3) is 23.2.